The van der Waals surface area contributed by atoms with Crippen molar-refractivity contribution in [3.8, 4) is 5.88 Å². The molecule has 3 saturated heterocycles. The zero-order valence-electron chi connectivity index (χ0n) is 15.5. The second kappa shape index (κ2) is 7.01. The highest BCUT2D eigenvalue weighted by atomic mass is 16.5. The smallest absolute Gasteiger partial charge is 0.319 e. The number of amides is 3. The third-order valence-corrected chi connectivity index (χ3v) is 5.17. The molecule has 3 amide bonds. The van der Waals surface area contributed by atoms with Gasteiger partial charge in [-0.25, -0.2) is 4.79 Å². The summed E-state index contributed by atoms with van der Waals surface area (Å²) in [6.45, 7) is 1.86. The van der Waals surface area contributed by atoms with Gasteiger partial charge in [0.1, 0.15) is 6.33 Å². The minimum Gasteiger partial charge on any atom is -0.467 e. The van der Waals surface area contributed by atoms with Gasteiger partial charge in [0.15, 0.2) is 12.3 Å². The van der Waals surface area contributed by atoms with E-state index >= 15 is 0 Å². The van der Waals surface area contributed by atoms with E-state index in [4.69, 9.17) is 4.74 Å². The maximum Gasteiger partial charge on any atom is 0.319 e. The molecule has 5 rings (SSSR count). The van der Waals surface area contributed by atoms with Crippen molar-refractivity contribution >= 4 is 17.6 Å². The molecule has 2 aromatic rings. The topological polar surface area (TPSA) is 96.2 Å². The van der Waals surface area contributed by atoms with E-state index in [1.165, 1.54) is 10.8 Å². The summed E-state index contributed by atoms with van der Waals surface area (Å²) in [6.07, 6.45) is 3.44. The summed E-state index contributed by atoms with van der Waals surface area (Å²) in [7, 11) is 3.51. The number of hydrogen-bond acceptors (Lipinski definition) is 6. The van der Waals surface area contributed by atoms with Crippen LogP contribution >= 0.6 is 0 Å². The molecule has 0 spiro atoms. The third kappa shape index (κ3) is 3.51. The molecule has 0 saturated carbocycles. The number of fused-ring (bicyclic) bond motifs is 5. The van der Waals surface area contributed by atoms with Gasteiger partial charge in [-0.15, -0.1) is 15.3 Å². The van der Waals surface area contributed by atoms with Crippen molar-refractivity contribution in [2.75, 3.05) is 40.3 Å². The first-order valence-corrected chi connectivity index (χ1v) is 9.07. The minimum atomic E-state index is -0.0779. The highest BCUT2D eigenvalue weighted by Gasteiger charge is 2.39. The lowest BCUT2D eigenvalue weighted by Gasteiger charge is -2.35. The van der Waals surface area contributed by atoms with Gasteiger partial charge < -0.3 is 19.4 Å². The van der Waals surface area contributed by atoms with E-state index in [0.29, 0.717) is 37.1 Å². The van der Waals surface area contributed by atoms with Crippen LogP contribution in [0.4, 0.5) is 4.79 Å². The largest absolute Gasteiger partial charge is 0.467 e. The van der Waals surface area contributed by atoms with Gasteiger partial charge in [0.25, 0.3) is 5.91 Å². The predicted octanol–water partition coefficient (Wildman–Crippen LogP) is 0.108. The molecule has 2 atom stereocenters. The highest BCUT2D eigenvalue weighted by molar-refractivity contribution is 5.79. The van der Waals surface area contributed by atoms with Crippen LogP contribution in [-0.4, -0.2) is 92.8 Å². The van der Waals surface area contributed by atoms with E-state index in [-0.39, 0.29) is 24.6 Å². The van der Waals surface area contributed by atoms with Crippen LogP contribution in [0.1, 0.15) is 12.8 Å². The first kappa shape index (κ1) is 17.5. The average molecular weight is 373 g/mol. The van der Waals surface area contributed by atoms with Gasteiger partial charge in [-0.1, -0.05) is 0 Å². The maximum atomic E-state index is 12.8. The monoisotopic (exact) mass is 373 g/mol. The number of carbonyl (C=O) groups is 2. The van der Waals surface area contributed by atoms with E-state index in [9.17, 15) is 9.59 Å². The Labute approximate surface area is 156 Å². The molecular formula is C17H23N7O3. The van der Waals surface area contributed by atoms with Crippen LogP contribution in [0.2, 0.25) is 0 Å². The van der Waals surface area contributed by atoms with Crippen LogP contribution in [0, 0.1) is 5.92 Å². The van der Waals surface area contributed by atoms with Gasteiger partial charge in [-0.3, -0.25) is 4.79 Å². The number of rotatable bonds is 3. The van der Waals surface area contributed by atoms with E-state index in [0.717, 1.165) is 12.8 Å². The number of hydrogen-bond donors (Lipinski definition) is 0. The van der Waals surface area contributed by atoms with Gasteiger partial charge >= 0.3 is 6.03 Å². The molecule has 2 aromatic heterocycles. The van der Waals surface area contributed by atoms with E-state index in [1.807, 2.05) is 9.80 Å². The maximum absolute atomic E-state index is 12.8. The predicted molar refractivity (Wildman–Crippen MR) is 95.2 cm³/mol. The Morgan fingerprint density at radius 2 is 2.07 bits per heavy atom. The molecule has 27 heavy (non-hydrogen) atoms. The second-order valence-electron chi connectivity index (χ2n) is 7.32. The van der Waals surface area contributed by atoms with E-state index in [2.05, 4.69) is 15.3 Å². The van der Waals surface area contributed by atoms with Gasteiger partial charge in [0, 0.05) is 45.8 Å². The summed E-state index contributed by atoms with van der Waals surface area (Å²) < 4.78 is 7.09. The normalized spacial score (nSPS) is 22.0. The Bertz CT molecular complexity index is 852. The number of urea groups is 1. The summed E-state index contributed by atoms with van der Waals surface area (Å²) in [5, 5.41) is 11.9. The molecule has 10 nitrogen and oxygen atoms in total. The van der Waals surface area contributed by atoms with Crippen LogP contribution in [0.3, 0.4) is 0 Å². The summed E-state index contributed by atoms with van der Waals surface area (Å²) in [4.78, 5) is 30.4. The zero-order chi connectivity index (χ0) is 19.0. The lowest BCUT2D eigenvalue weighted by Crippen LogP contribution is -2.49. The van der Waals surface area contributed by atoms with Crippen molar-refractivity contribution in [3.05, 3.63) is 18.5 Å². The molecule has 3 aliphatic rings. The molecule has 0 aromatic carbocycles. The van der Waals surface area contributed by atoms with Gasteiger partial charge in [0.2, 0.25) is 5.88 Å². The van der Waals surface area contributed by atoms with Crippen LogP contribution in [0.15, 0.2) is 18.5 Å². The van der Waals surface area contributed by atoms with Crippen molar-refractivity contribution in [3.63, 3.8) is 0 Å². The minimum absolute atomic E-state index is 0.00360. The first-order valence-electron chi connectivity index (χ1n) is 9.07. The molecule has 0 radical (unpaired) electrons. The van der Waals surface area contributed by atoms with E-state index in [1.54, 1.807) is 31.1 Å². The molecule has 0 unspecified atom stereocenters. The molecule has 0 aliphatic carbocycles. The van der Waals surface area contributed by atoms with Gasteiger partial charge in [0.05, 0.1) is 0 Å². The summed E-state index contributed by atoms with van der Waals surface area (Å²) in [5.41, 5.74) is 0.615. The van der Waals surface area contributed by atoms with Crippen molar-refractivity contribution in [2.24, 2.45) is 5.92 Å². The molecule has 10 heteroatoms. The fraction of sp³-hybridized carbons (Fsp3) is 0.588. The molecule has 144 valence electrons. The van der Waals surface area contributed by atoms with Crippen molar-refractivity contribution in [1.82, 2.24) is 34.5 Å². The first-order chi connectivity index (χ1) is 13.0. The zero-order valence-corrected chi connectivity index (χ0v) is 15.5. The molecule has 0 N–H and O–H groups in total. The quantitative estimate of drug-likeness (QED) is 0.758. The number of nitrogens with zero attached hydrogens (tertiary/aromatic N) is 7. The molecule has 3 aliphatic heterocycles. The summed E-state index contributed by atoms with van der Waals surface area (Å²) in [5.74, 6) is 0.581. The Balaban J connectivity index is 1.40. The lowest BCUT2D eigenvalue weighted by atomic mass is 9.95. The van der Waals surface area contributed by atoms with Crippen molar-refractivity contribution < 1.29 is 14.3 Å². The van der Waals surface area contributed by atoms with Gasteiger partial charge in [-0.05, 0) is 24.8 Å². The van der Waals surface area contributed by atoms with Crippen LogP contribution in [0.25, 0.3) is 5.65 Å². The van der Waals surface area contributed by atoms with Crippen molar-refractivity contribution in [1.29, 1.82) is 0 Å². The van der Waals surface area contributed by atoms with Crippen LogP contribution in [-0.2, 0) is 4.79 Å². The number of ether oxygens (including phenoxy) is 1. The summed E-state index contributed by atoms with van der Waals surface area (Å²) >= 11 is 0. The Morgan fingerprint density at radius 3 is 2.89 bits per heavy atom. The van der Waals surface area contributed by atoms with Crippen LogP contribution < -0.4 is 4.74 Å². The van der Waals surface area contributed by atoms with Crippen molar-refractivity contribution in [2.45, 2.75) is 18.9 Å². The number of aromatic nitrogens is 4. The SMILES string of the molecule is CN(C)C(=O)N1C[C@H]2CC[C@@H](C1)N(C(=O)COc1ccc3nncn3n1)C2. The second-order valence-corrected chi connectivity index (χ2v) is 7.32. The molecule has 5 heterocycles. The lowest BCUT2D eigenvalue weighted by molar-refractivity contribution is -0.137. The number of piperidine rings is 1. The van der Waals surface area contributed by atoms with Crippen LogP contribution in [0.5, 0.6) is 5.88 Å². The standard InChI is InChI=1S/C17H23N7O3/c1-21(2)17(26)22-7-12-3-4-13(9-22)23(8-12)16(25)10-27-15-6-5-14-19-18-11-24(14)20-15/h5-6,11-13H,3-4,7-10H2,1-2H3/t12-,13+/m1/s1. The Kier molecular flexibility index (Phi) is 4.54. The molecular weight excluding hydrogens is 350 g/mol. The third-order valence-electron chi connectivity index (χ3n) is 5.17. The number of carbonyl (C=O) groups excluding carboxylic acids is 2. The Morgan fingerprint density at radius 1 is 1.22 bits per heavy atom. The highest BCUT2D eigenvalue weighted by Crippen LogP contribution is 2.28. The average Bonchev–Trinajstić information content (AvgIpc) is 2.94. The van der Waals surface area contributed by atoms with E-state index < -0.39 is 0 Å². The molecule has 2 bridgehead atoms. The Hall–Kier alpha value is -2.91. The van der Waals surface area contributed by atoms with Gasteiger partial charge in [-0.2, -0.15) is 4.52 Å². The summed E-state index contributed by atoms with van der Waals surface area (Å²) in [6, 6.07) is 3.45. The molecule has 3 fully saturated rings. The fourth-order valence-corrected chi connectivity index (χ4v) is 3.83. The fourth-order valence-electron chi connectivity index (χ4n) is 3.83.